The SMILES string of the molecule is COc1cc(-n2ccc3c(-c4cccc(NC(=O)c5ccc(C=O)cc5)c4C)cccc32)cc(OC)c1C=O. The molecule has 0 saturated heterocycles. The van der Waals surface area contributed by atoms with Crippen LogP contribution in [0.5, 0.6) is 11.5 Å². The minimum Gasteiger partial charge on any atom is -0.496 e. The van der Waals surface area contributed by atoms with Gasteiger partial charge in [-0.15, -0.1) is 0 Å². The van der Waals surface area contributed by atoms with Gasteiger partial charge in [-0.05, 0) is 53.9 Å². The third-order valence-corrected chi connectivity index (χ3v) is 6.84. The van der Waals surface area contributed by atoms with Gasteiger partial charge in [0, 0.05) is 40.5 Å². The number of methoxy groups -OCH3 is 2. The molecule has 0 aliphatic carbocycles. The van der Waals surface area contributed by atoms with Crippen molar-refractivity contribution in [3.05, 3.63) is 107 Å². The first-order valence-electron chi connectivity index (χ1n) is 12.3. The number of fused-ring (bicyclic) bond motifs is 1. The summed E-state index contributed by atoms with van der Waals surface area (Å²) in [4.78, 5) is 35.4. The van der Waals surface area contributed by atoms with E-state index in [0.29, 0.717) is 33.9 Å². The van der Waals surface area contributed by atoms with Crippen LogP contribution in [0.2, 0.25) is 0 Å². The highest BCUT2D eigenvalue weighted by Gasteiger charge is 2.17. The average Bonchev–Trinajstić information content (AvgIpc) is 3.42. The number of ether oxygens (including phenoxy) is 2. The Balaban J connectivity index is 1.54. The summed E-state index contributed by atoms with van der Waals surface area (Å²) in [6, 6.07) is 24.0. The molecule has 0 atom stereocenters. The van der Waals surface area contributed by atoms with Crippen molar-refractivity contribution in [2.45, 2.75) is 6.92 Å². The van der Waals surface area contributed by atoms with Crippen molar-refractivity contribution in [1.82, 2.24) is 4.57 Å². The summed E-state index contributed by atoms with van der Waals surface area (Å²) in [6.45, 7) is 1.98. The van der Waals surface area contributed by atoms with Gasteiger partial charge in [-0.2, -0.15) is 0 Å². The lowest BCUT2D eigenvalue weighted by molar-refractivity contribution is 0.102. The Kier molecular flexibility index (Phi) is 6.97. The quantitative estimate of drug-likeness (QED) is 0.237. The number of anilines is 1. The molecule has 0 fully saturated rings. The highest BCUT2D eigenvalue weighted by atomic mass is 16.5. The number of hydrogen-bond acceptors (Lipinski definition) is 5. The van der Waals surface area contributed by atoms with E-state index in [4.69, 9.17) is 9.47 Å². The molecule has 1 N–H and O–H groups in total. The van der Waals surface area contributed by atoms with Crippen LogP contribution in [0, 0.1) is 6.92 Å². The van der Waals surface area contributed by atoms with Crippen LogP contribution in [0.1, 0.15) is 36.6 Å². The molecule has 5 rings (SSSR count). The fourth-order valence-electron chi connectivity index (χ4n) is 4.78. The molecule has 7 heteroatoms. The molecular formula is C32H26N2O5. The number of carbonyl (C=O) groups excluding carboxylic acids is 3. The first kappa shape index (κ1) is 25.5. The Bertz CT molecular complexity index is 1690. The van der Waals surface area contributed by atoms with Crippen molar-refractivity contribution in [3.8, 4) is 28.3 Å². The largest absolute Gasteiger partial charge is 0.496 e. The fourth-order valence-corrected chi connectivity index (χ4v) is 4.78. The molecular weight excluding hydrogens is 492 g/mol. The van der Waals surface area contributed by atoms with Gasteiger partial charge in [0.15, 0.2) is 6.29 Å². The summed E-state index contributed by atoms with van der Waals surface area (Å²) >= 11 is 0. The number of nitrogens with zero attached hydrogens (tertiary/aromatic N) is 1. The van der Waals surface area contributed by atoms with Gasteiger partial charge in [-0.25, -0.2) is 0 Å². The van der Waals surface area contributed by atoms with Crippen LogP contribution in [0.4, 0.5) is 5.69 Å². The van der Waals surface area contributed by atoms with Gasteiger partial charge in [-0.1, -0.05) is 36.4 Å². The van der Waals surface area contributed by atoms with Gasteiger partial charge < -0.3 is 19.4 Å². The van der Waals surface area contributed by atoms with E-state index in [1.807, 2.05) is 54.1 Å². The van der Waals surface area contributed by atoms with Crippen LogP contribution in [0.25, 0.3) is 27.7 Å². The summed E-state index contributed by atoms with van der Waals surface area (Å²) < 4.78 is 12.9. The van der Waals surface area contributed by atoms with E-state index in [9.17, 15) is 14.4 Å². The second kappa shape index (κ2) is 10.7. The molecule has 0 radical (unpaired) electrons. The van der Waals surface area contributed by atoms with Gasteiger partial charge in [0.2, 0.25) is 0 Å². The lowest BCUT2D eigenvalue weighted by Gasteiger charge is -2.15. The number of rotatable bonds is 8. The predicted molar refractivity (Wildman–Crippen MR) is 152 cm³/mol. The summed E-state index contributed by atoms with van der Waals surface area (Å²) in [5.74, 6) is 0.605. The fraction of sp³-hybridized carbons (Fsp3) is 0.0938. The molecule has 194 valence electrons. The maximum atomic E-state index is 12.9. The van der Waals surface area contributed by atoms with Crippen LogP contribution in [-0.4, -0.2) is 37.3 Å². The number of hydrogen-bond donors (Lipinski definition) is 1. The number of amides is 1. The van der Waals surface area contributed by atoms with E-state index < -0.39 is 0 Å². The lowest BCUT2D eigenvalue weighted by atomic mass is 9.96. The van der Waals surface area contributed by atoms with Crippen molar-refractivity contribution < 1.29 is 23.9 Å². The summed E-state index contributed by atoms with van der Waals surface area (Å²) in [7, 11) is 3.04. The second-order valence-electron chi connectivity index (χ2n) is 8.98. The standard InChI is InChI=1S/C32H26N2O5/c1-20-24(6-4-8-28(20)33-32(37)22-12-10-21(18-35)11-13-22)25-7-5-9-29-26(25)14-15-34(29)23-16-30(38-2)27(19-36)31(17-23)39-3/h4-19H,1-3H3,(H,33,37). The summed E-state index contributed by atoms with van der Waals surface area (Å²) in [5.41, 5.74) is 6.71. The maximum absolute atomic E-state index is 12.9. The average molecular weight is 519 g/mol. The van der Waals surface area contributed by atoms with Crippen molar-refractivity contribution >= 4 is 35.1 Å². The normalized spacial score (nSPS) is 10.7. The van der Waals surface area contributed by atoms with Crippen molar-refractivity contribution in [3.63, 3.8) is 0 Å². The molecule has 7 nitrogen and oxygen atoms in total. The van der Waals surface area contributed by atoms with Gasteiger partial charge in [0.05, 0.1) is 31.0 Å². The highest BCUT2D eigenvalue weighted by Crippen LogP contribution is 2.37. The van der Waals surface area contributed by atoms with Gasteiger partial charge in [0.1, 0.15) is 17.8 Å². The zero-order valence-electron chi connectivity index (χ0n) is 21.7. The smallest absolute Gasteiger partial charge is 0.255 e. The van der Waals surface area contributed by atoms with Gasteiger partial charge in [0.25, 0.3) is 5.91 Å². The Hall–Kier alpha value is -5.17. The third-order valence-electron chi connectivity index (χ3n) is 6.84. The molecule has 0 aliphatic rings. The minimum atomic E-state index is -0.251. The number of aldehydes is 2. The molecule has 0 aliphatic heterocycles. The molecule has 1 heterocycles. The molecule has 0 bridgehead atoms. The first-order chi connectivity index (χ1) is 19.0. The molecule has 0 unspecified atom stereocenters. The Morgan fingerprint density at radius 1 is 0.821 bits per heavy atom. The zero-order valence-corrected chi connectivity index (χ0v) is 21.7. The number of nitrogens with one attached hydrogen (secondary N) is 1. The number of carbonyl (C=O) groups is 3. The van der Waals surface area contributed by atoms with E-state index in [0.717, 1.165) is 45.9 Å². The highest BCUT2D eigenvalue weighted by molar-refractivity contribution is 6.06. The van der Waals surface area contributed by atoms with Crippen molar-refractivity contribution in [2.24, 2.45) is 0 Å². The third kappa shape index (κ3) is 4.66. The van der Waals surface area contributed by atoms with Gasteiger partial charge >= 0.3 is 0 Å². The molecule has 0 spiro atoms. The van der Waals surface area contributed by atoms with E-state index in [1.54, 1.807) is 36.4 Å². The van der Waals surface area contributed by atoms with Crippen LogP contribution in [-0.2, 0) is 0 Å². The summed E-state index contributed by atoms with van der Waals surface area (Å²) in [6.07, 6.45) is 3.44. The van der Waals surface area contributed by atoms with E-state index in [-0.39, 0.29) is 5.91 Å². The van der Waals surface area contributed by atoms with Gasteiger partial charge in [-0.3, -0.25) is 14.4 Å². The molecule has 4 aromatic carbocycles. The molecule has 39 heavy (non-hydrogen) atoms. The van der Waals surface area contributed by atoms with E-state index in [2.05, 4.69) is 11.4 Å². The Morgan fingerprint density at radius 2 is 1.49 bits per heavy atom. The summed E-state index contributed by atoms with van der Waals surface area (Å²) in [5, 5.41) is 4.02. The topological polar surface area (TPSA) is 86.6 Å². The molecule has 0 saturated carbocycles. The Labute approximate surface area is 225 Å². The first-order valence-corrected chi connectivity index (χ1v) is 12.3. The van der Waals surface area contributed by atoms with Crippen LogP contribution in [0.15, 0.2) is 85.1 Å². The van der Waals surface area contributed by atoms with E-state index in [1.165, 1.54) is 14.2 Å². The maximum Gasteiger partial charge on any atom is 0.255 e. The molecule has 1 amide bonds. The molecule has 5 aromatic rings. The lowest BCUT2D eigenvalue weighted by Crippen LogP contribution is -2.13. The van der Waals surface area contributed by atoms with E-state index >= 15 is 0 Å². The zero-order chi connectivity index (χ0) is 27.5. The van der Waals surface area contributed by atoms with Crippen molar-refractivity contribution in [2.75, 3.05) is 19.5 Å². The van der Waals surface area contributed by atoms with Crippen molar-refractivity contribution in [1.29, 1.82) is 0 Å². The number of benzene rings is 4. The monoisotopic (exact) mass is 518 g/mol. The number of aromatic nitrogens is 1. The van der Waals surface area contributed by atoms with Crippen LogP contribution < -0.4 is 14.8 Å². The van der Waals surface area contributed by atoms with Crippen LogP contribution >= 0.6 is 0 Å². The molecule has 1 aromatic heterocycles. The predicted octanol–water partition coefficient (Wildman–Crippen LogP) is 6.50. The second-order valence-corrected chi connectivity index (χ2v) is 8.98. The Morgan fingerprint density at radius 3 is 2.13 bits per heavy atom. The van der Waals surface area contributed by atoms with Crippen LogP contribution in [0.3, 0.4) is 0 Å². The minimum absolute atomic E-state index is 0.251.